The number of ether oxygens (including phenoxy) is 2. The Hall–Kier alpha value is -2.86. The first-order valence-corrected chi connectivity index (χ1v) is 12.6. The van der Waals surface area contributed by atoms with Crippen molar-refractivity contribution in [3.63, 3.8) is 0 Å². The summed E-state index contributed by atoms with van der Waals surface area (Å²) in [6.45, 7) is 8.00. The number of fused-ring (bicyclic) bond motifs is 1. The molecule has 0 spiro atoms. The molecule has 2 N–H and O–H groups in total. The second-order valence-electron chi connectivity index (χ2n) is 9.57. The number of benzene rings is 2. The number of alkyl halides is 3. The van der Waals surface area contributed by atoms with Crippen LogP contribution >= 0.6 is 27.5 Å². The van der Waals surface area contributed by atoms with Crippen molar-refractivity contribution in [1.29, 1.82) is 0 Å². The Morgan fingerprint density at radius 2 is 1.84 bits per heavy atom. The number of carbonyl (C=O) groups excluding carboxylic acids is 1. The number of hydrogen-bond acceptors (Lipinski definition) is 6. The van der Waals surface area contributed by atoms with Gasteiger partial charge in [-0.05, 0) is 74.3 Å². The van der Waals surface area contributed by atoms with Crippen LogP contribution in [0.5, 0.6) is 5.75 Å². The van der Waals surface area contributed by atoms with Gasteiger partial charge in [-0.3, -0.25) is 0 Å². The molecule has 2 atom stereocenters. The van der Waals surface area contributed by atoms with E-state index in [1.165, 1.54) is 24.3 Å². The summed E-state index contributed by atoms with van der Waals surface area (Å²) in [4.78, 5) is 20.2. The lowest BCUT2D eigenvalue weighted by atomic mass is 10.0. The van der Waals surface area contributed by atoms with Gasteiger partial charge in [-0.1, -0.05) is 12.1 Å². The third kappa shape index (κ3) is 7.59. The second kappa shape index (κ2) is 11.5. The van der Waals surface area contributed by atoms with Gasteiger partial charge < -0.3 is 20.1 Å². The largest absolute Gasteiger partial charge is 0.490 e. The SMILES string of the molecule is CC(COc1c([C@@H](C)Nc2nc(Cl)nc3cc(F)c(Br)cc23)cccc1C(F)(F)F)NC(=O)OC(C)(C)C. The number of alkyl carbamates (subject to hydrolysis) is 1. The summed E-state index contributed by atoms with van der Waals surface area (Å²) in [5.41, 5.74) is -1.34. The van der Waals surface area contributed by atoms with Gasteiger partial charge in [0, 0.05) is 17.0 Å². The topological polar surface area (TPSA) is 85.4 Å². The molecule has 0 saturated carbocycles. The Morgan fingerprint density at radius 3 is 2.47 bits per heavy atom. The van der Waals surface area contributed by atoms with Gasteiger partial charge in [0.2, 0.25) is 5.28 Å². The Labute approximate surface area is 230 Å². The van der Waals surface area contributed by atoms with E-state index in [1.54, 1.807) is 34.6 Å². The van der Waals surface area contributed by atoms with Gasteiger partial charge in [0.1, 0.15) is 29.6 Å². The maximum atomic E-state index is 14.0. The molecule has 3 aromatic rings. The summed E-state index contributed by atoms with van der Waals surface area (Å²) in [7, 11) is 0. The molecule has 0 bridgehead atoms. The van der Waals surface area contributed by atoms with Gasteiger partial charge in [0.05, 0.1) is 27.6 Å². The van der Waals surface area contributed by atoms with Crippen LogP contribution in [0.2, 0.25) is 5.28 Å². The summed E-state index contributed by atoms with van der Waals surface area (Å²) in [5.74, 6) is -0.778. The van der Waals surface area contributed by atoms with Gasteiger partial charge in [0.15, 0.2) is 0 Å². The van der Waals surface area contributed by atoms with Crippen LogP contribution in [0.1, 0.15) is 51.8 Å². The van der Waals surface area contributed by atoms with Crippen LogP contribution in [0.3, 0.4) is 0 Å². The molecule has 1 unspecified atom stereocenters. The van der Waals surface area contributed by atoms with E-state index < -0.39 is 47.1 Å². The van der Waals surface area contributed by atoms with E-state index in [0.29, 0.717) is 5.39 Å². The zero-order valence-corrected chi connectivity index (χ0v) is 23.5. The Morgan fingerprint density at radius 1 is 1.16 bits per heavy atom. The van der Waals surface area contributed by atoms with Crippen LogP contribution < -0.4 is 15.4 Å². The van der Waals surface area contributed by atoms with Gasteiger partial charge in [-0.2, -0.15) is 13.2 Å². The van der Waals surface area contributed by atoms with Crippen LogP contribution in [0.25, 0.3) is 10.9 Å². The predicted molar refractivity (Wildman–Crippen MR) is 140 cm³/mol. The van der Waals surface area contributed by atoms with Crippen molar-refractivity contribution in [2.45, 2.75) is 58.5 Å². The van der Waals surface area contributed by atoms with Crippen molar-refractivity contribution in [2.75, 3.05) is 11.9 Å². The number of para-hydroxylation sites is 1. The summed E-state index contributed by atoms with van der Waals surface area (Å²) >= 11 is 9.13. The highest BCUT2D eigenvalue weighted by molar-refractivity contribution is 9.10. The van der Waals surface area contributed by atoms with Crippen LogP contribution in [-0.2, 0) is 10.9 Å². The summed E-state index contributed by atoms with van der Waals surface area (Å²) in [6.07, 6.45) is -5.43. The number of rotatable bonds is 7. The minimum Gasteiger partial charge on any atom is -0.490 e. The number of hydrogen-bond donors (Lipinski definition) is 2. The molecule has 0 saturated heterocycles. The number of amides is 1. The number of halogens is 6. The molecule has 7 nitrogen and oxygen atoms in total. The molecule has 38 heavy (non-hydrogen) atoms. The van der Waals surface area contributed by atoms with Crippen LogP contribution in [-0.4, -0.2) is 34.3 Å². The molecule has 0 fully saturated rings. The molecule has 1 heterocycles. The van der Waals surface area contributed by atoms with Gasteiger partial charge >= 0.3 is 12.3 Å². The number of carbonyl (C=O) groups is 1. The summed E-state index contributed by atoms with van der Waals surface area (Å²) < 4.78 is 66.8. The predicted octanol–water partition coefficient (Wildman–Crippen LogP) is 7.67. The smallest absolute Gasteiger partial charge is 0.419 e. The van der Waals surface area contributed by atoms with Crippen LogP contribution in [0.15, 0.2) is 34.8 Å². The van der Waals surface area contributed by atoms with E-state index in [0.717, 1.165) is 6.07 Å². The molecule has 0 aliphatic carbocycles. The first-order chi connectivity index (χ1) is 17.5. The molecule has 0 radical (unpaired) electrons. The minimum atomic E-state index is -4.71. The van der Waals surface area contributed by atoms with Crippen LogP contribution in [0.4, 0.5) is 28.2 Å². The van der Waals surface area contributed by atoms with Crippen molar-refractivity contribution in [2.24, 2.45) is 0 Å². The fourth-order valence-electron chi connectivity index (χ4n) is 3.53. The highest BCUT2D eigenvalue weighted by Crippen LogP contribution is 2.41. The quantitative estimate of drug-likeness (QED) is 0.208. The van der Waals surface area contributed by atoms with E-state index in [9.17, 15) is 22.4 Å². The fourth-order valence-corrected chi connectivity index (χ4v) is 4.05. The van der Waals surface area contributed by atoms with Crippen molar-refractivity contribution in [1.82, 2.24) is 15.3 Å². The van der Waals surface area contributed by atoms with E-state index in [2.05, 4.69) is 36.5 Å². The second-order valence-corrected chi connectivity index (χ2v) is 10.8. The number of nitrogens with zero attached hydrogens (tertiary/aromatic N) is 2. The van der Waals surface area contributed by atoms with E-state index in [1.807, 2.05) is 0 Å². The third-order valence-electron chi connectivity index (χ3n) is 5.12. The maximum absolute atomic E-state index is 14.0. The summed E-state index contributed by atoms with van der Waals surface area (Å²) in [6, 6.07) is 4.84. The number of nitrogens with one attached hydrogen (secondary N) is 2. The average molecular weight is 622 g/mol. The Kier molecular flexibility index (Phi) is 8.97. The molecule has 13 heteroatoms. The molecule has 1 aromatic heterocycles. The highest BCUT2D eigenvalue weighted by atomic mass is 79.9. The molecular formula is C25H26BrClF4N4O3. The highest BCUT2D eigenvalue weighted by Gasteiger charge is 2.36. The lowest BCUT2D eigenvalue weighted by molar-refractivity contribution is -0.139. The monoisotopic (exact) mass is 620 g/mol. The van der Waals surface area contributed by atoms with Crippen molar-refractivity contribution >= 4 is 50.3 Å². The van der Waals surface area contributed by atoms with Crippen molar-refractivity contribution in [3.05, 3.63) is 57.0 Å². The number of anilines is 1. The van der Waals surface area contributed by atoms with E-state index >= 15 is 0 Å². The zero-order chi connectivity index (χ0) is 28.4. The lowest BCUT2D eigenvalue weighted by Crippen LogP contribution is -2.40. The van der Waals surface area contributed by atoms with Crippen molar-refractivity contribution in [3.8, 4) is 5.75 Å². The average Bonchev–Trinajstić information content (AvgIpc) is 2.76. The van der Waals surface area contributed by atoms with Gasteiger partial charge in [0.25, 0.3) is 0 Å². The first kappa shape index (κ1) is 29.7. The normalized spacial score (nSPS) is 13.7. The first-order valence-electron chi connectivity index (χ1n) is 11.5. The van der Waals surface area contributed by atoms with E-state index in [4.69, 9.17) is 21.1 Å². The molecule has 1 amide bonds. The van der Waals surface area contributed by atoms with Gasteiger partial charge in [-0.15, -0.1) is 0 Å². The summed E-state index contributed by atoms with van der Waals surface area (Å²) in [5, 5.41) is 5.81. The molecule has 206 valence electrons. The Balaban J connectivity index is 1.92. The number of aromatic nitrogens is 2. The molecule has 0 aliphatic rings. The maximum Gasteiger partial charge on any atom is 0.419 e. The van der Waals surface area contributed by atoms with Crippen LogP contribution in [0, 0.1) is 5.82 Å². The molecule has 0 aliphatic heterocycles. The molecule has 3 rings (SSSR count). The molecular weight excluding hydrogens is 596 g/mol. The Bertz CT molecular complexity index is 1330. The lowest BCUT2D eigenvalue weighted by Gasteiger charge is -2.25. The fraction of sp³-hybridized carbons (Fsp3) is 0.400. The minimum absolute atomic E-state index is 0.154. The van der Waals surface area contributed by atoms with Crippen molar-refractivity contribution < 1.29 is 31.8 Å². The molecule has 2 aromatic carbocycles. The standard InChI is InChI=1S/C25H26BrClF4N4O3/c1-12(32-23(36)38-24(3,4)5)11-37-20-14(7-6-8-16(20)25(29,30)31)13(2)33-21-15-9-17(26)18(28)10-19(15)34-22(27)35-21/h6-10,12-13H,11H2,1-5H3,(H,32,36)(H,33,34,35)/t12?,13-/m1/s1. The third-order valence-corrected chi connectivity index (χ3v) is 5.90. The van der Waals surface area contributed by atoms with Gasteiger partial charge in [-0.25, -0.2) is 19.2 Å². The van der Waals surface area contributed by atoms with E-state index in [-0.39, 0.29) is 33.3 Å². The zero-order valence-electron chi connectivity index (χ0n) is 21.1.